The maximum atomic E-state index is 12.6. The predicted octanol–water partition coefficient (Wildman–Crippen LogP) is 2.09. The number of hydrogen-bond donors (Lipinski definition) is 3. The molecule has 0 unspecified atom stereocenters. The number of thioether (sulfide) groups is 1. The van der Waals surface area contributed by atoms with Gasteiger partial charge in [-0.3, -0.25) is 9.69 Å². The molecule has 7 heteroatoms. The Kier molecular flexibility index (Phi) is 7.44. The number of aliphatic hydroxyl groups excluding tert-OH is 2. The molecule has 5 nitrogen and oxygen atoms in total. The van der Waals surface area contributed by atoms with Crippen LogP contribution in [-0.2, 0) is 4.79 Å². The summed E-state index contributed by atoms with van der Waals surface area (Å²) in [6.07, 6.45) is -0.393. The SMILES string of the molecule is C=C[C@H](O)[C@](C)(O)CC[C@@H](O)CC(=O)N1C(=S)SC[C@@H]1C(C)(C)C. The van der Waals surface area contributed by atoms with Gasteiger partial charge in [-0.25, -0.2) is 0 Å². The number of rotatable bonds is 7. The Balaban J connectivity index is 2.63. The third-order valence-electron chi connectivity index (χ3n) is 4.40. The standard InChI is InChI=1S/C17H29NO4S2/c1-6-13(20)17(5,22)8-7-11(19)9-14(21)18-12(16(2,3)4)10-24-15(18)23/h6,11-13,19-20,22H,1,7-10H2,2-5H3/t11-,12-,13+,17-/m1/s1. The van der Waals surface area contributed by atoms with Gasteiger partial charge in [0.15, 0.2) is 0 Å². The number of nitrogens with zero attached hydrogens (tertiary/aromatic N) is 1. The maximum absolute atomic E-state index is 12.6. The highest BCUT2D eigenvalue weighted by Gasteiger charge is 2.41. The third kappa shape index (κ3) is 5.52. The van der Waals surface area contributed by atoms with Gasteiger partial charge < -0.3 is 15.3 Å². The van der Waals surface area contributed by atoms with E-state index in [2.05, 4.69) is 27.4 Å². The van der Waals surface area contributed by atoms with Crippen LogP contribution >= 0.6 is 24.0 Å². The summed E-state index contributed by atoms with van der Waals surface area (Å²) in [6.45, 7) is 11.1. The topological polar surface area (TPSA) is 81.0 Å². The second kappa shape index (κ2) is 8.27. The van der Waals surface area contributed by atoms with E-state index >= 15 is 0 Å². The zero-order chi connectivity index (χ0) is 18.7. The Morgan fingerprint density at radius 3 is 2.54 bits per heavy atom. The molecule has 1 aliphatic heterocycles. The lowest BCUT2D eigenvalue weighted by Crippen LogP contribution is -2.46. The highest BCUT2D eigenvalue weighted by atomic mass is 32.2. The molecule has 1 fully saturated rings. The Morgan fingerprint density at radius 2 is 2.04 bits per heavy atom. The molecule has 0 radical (unpaired) electrons. The molecule has 1 saturated heterocycles. The predicted molar refractivity (Wildman–Crippen MR) is 102 cm³/mol. The van der Waals surface area contributed by atoms with Crippen LogP contribution in [0.5, 0.6) is 0 Å². The lowest BCUT2D eigenvalue weighted by molar-refractivity contribution is -0.132. The van der Waals surface area contributed by atoms with Crippen LogP contribution in [0.25, 0.3) is 0 Å². The Morgan fingerprint density at radius 1 is 1.46 bits per heavy atom. The number of amides is 1. The van der Waals surface area contributed by atoms with Crippen molar-refractivity contribution >= 4 is 34.2 Å². The molecule has 1 amide bonds. The van der Waals surface area contributed by atoms with Crippen molar-refractivity contribution in [3.63, 3.8) is 0 Å². The van der Waals surface area contributed by atoms with Crippen molar-refractivity contribution < 1.29 is 20.1 Å². The second-order valence-corrected chi connectivity index (χ2v) is 9.31. The van der Waals surface area contributed by atoms with E-state index in [1.165, 1.54) is 24.8 Å². The lowest BCUT2D eigenvalue weighted by atomic mass is 9.86. The highest BCUT2D eigenvalue weighted by molar-refractivity contribution is 8.23. The van der Waals surface area contributed by atoms with E-state index in [4.69, 9.17) is 12.2 Å². The van der Waals surface area contributed by atoms with Gasteiger partial charge in [0, 0.05) is 5.75 Å². The Hall–Kier alpha value is -0.470. The van der Waals surface area contributed by atoms with Crippen molar-refractivity contribution in [3.05, 3.63) is 12.7 Å². The fourth-order valence-corrected chi connectivity index (χ4v) is 4.35. The number of carbonyl (C=O) groups excluding carboxylic acids is 1. The van der Waals surface area contributed by atoms with E-state index in [1.54, 1.807) is 4.90 Å². The minimum Gasteiger partial charge on any atom is -0.393 e. The summed E-state index contributed by atoms with van der Waals surface area (Å²) in [4.78, 5) is 14.2. The Bertz CT molecular complexity index is 487. The lowest BCUT2D eigenvalue weighted by Gasteiger charge is -2.34. The summed E-state index contributed by atoms with van der Waals surface area (Å²) < 4.78 is 0.557. The van der Waals surface area contributed by atoms with Gasteiger partial charge in [-0.05, 0) is 25.2 Å². The molecule has 4 atom stereocenters. The van der Waals surface area contributed by atoms with Gasteiger partial charge >= 0.3 is 0 Å². The highest BCUT2D eigenvalue weighted by Crippen LogP contribution is 2.36. The van der Waals surface area contributed by atoms with E-state index in [1.807, 2.05) is 0 Å². The summed E-state index contributed by atoms with van der Waals surface area (Å²) >= 11 is 6.78. The van der Waals surface area contributed by atoms with Crippen LogP contribution in [0.2, 0.25) is 0 Å². The van der Waals surface area contributed by atoms with Gasteiger partial charge in [0.25, 0.3) is 0 Å². The largest absolute Gasteiger partial charge is 0.393 e. The molecule has 138 valence electrons. The average Bonchev–Trinajstić information content (AvgIpc) is 2.86. The van der Waals surface area contributed by atoms with E-state index in [-0.39, 0.29) is 36.6 Å². The van der Waals surface area contributed by atoms with Gasteiger partial charge in [-0.1, -0.05) is 50.8 Å². The van der Waals surface area contributed by atoms with Gasteiger partial charge in [0.2, 0.25) is 5.91 Å². The summed E-state index contributed by atoms with van der Waals surface area (Å²) in [5.41, 5.74) is -1.47. The zero-order valence-corrected chi connectivity index (χ0v) is 16.5. The summed E-state index contributed by atoms with van der Waals surface area (Å²) in [5, 5.41) is 29.9. The maximum Gasteiger partial charge on any atom is 0.230 e. The first-order valence-corrected chi connectivity index (χ1v) is 9.49. The van der Waals surface area contributed by atoms with Crippen molar-refractivity contribution in [1.82, 2.24) is 4.90 Å². The zero-order valence-electron chi connectivity index (χ0n) is 14.9. The van der Waals surface area contributed by atoms with Crippen LogP contribution in [0.4, 0.5) is 0 Å². The fourth-order valence-electron chi connectivity index (χ4n) is 2.60. The van der Waals surface area contributed by atoms with E-state index in [0.717, 1.165) is 5.75 Å². The summed E-state index contributed by atoms with van der Waals surface area (Å²) in [7, 11) is 0. The number of thiocarbonyl (C=S) groups is 1. The molecule has 1 aliphatic rings. The first kappa shape index (κ1) is 21.6. The van der Waals surface area contributed by atoms with E-state index in [0.29, 0.717) is 4.32 Å². The molecule has 24 heavy (non-hydrogen) atoms. The number of hydrogen-bond acceptors (Lipinski definition) is 6. The molecule has 3 N–H and O–H groups in total. The van der Waals surface area contributed by atoms with Crippen LogP contribution < -0.4 is 0 Å². The molecular formula is C17H29NO4S2. The number of aliphatic hydroxyl groups is 3. The van der Waals surface area contributed by atoms with Crippen molar-refractivity contribution in [2.24, 2.45) is 5.41 Å². The molecule has 0 saturated carbocycles. The fraction of sp³-hybridized carbons (Fsp3) is 0.765. The summed E-state index contributed by atoms with van der Waals surface area (Å²) in [6, 6.07) is 0.0143. The van der Waals surface area contributed by atoms with Gasteiger partial charge in [-0.15, -0.1) is 6.58 Å². The molecule has 0 spiro atoms. The van der Waals surface area contributed by atoms with Gasteiger partial charge in [0.1, 0.15) is 10.4 Å². The third-order valence-corrected chi connectivity index (χ3v) is 5.87. The van der Waals surface area contributed by atoms with Crippen LogP contribution in [0.1, 0.15) is 47.0 Å². The van der Waals surface area contributed by atoms with Crippen LogP contribution in [0.3, 0.4) is 0 Å². The quantitative estimate of drug-likeness (QED) is 0.467. The van der Waals surface area contributed by atoms with Crippen LogP contribution in [-0.4, -0.2) is 60.1 Å². The molecule has 0 aromatic heterocycles. The first-order valence-electron chi connectivity index (χ1n) is 8.10. The molecule has 0 aliphatic carbocycles. The normalized spacial score (nSPS) is 23.7. The van der Waals surface area contributed by atoms with Crippen LogP contribution in [0, 0.1) is 5.41 Å². The first-order chi connectivity index (χ1) is 10.9. The van der Waals surface area contributed by atoms with Crippen molar-refractivity contribution in [2.75, 3.05) is 5.75 Å². The minimum atomic E-state index is -1.38. The molecule has 0 aromatic rings. The molecule has 1 heterocycles. The molecule has 1 rings (SSSR count). The molecule has 0 bridgehead atoms. The second-order valence-electron chi connectivity index (χ2n) is 7.66. The summed E-state index contributed by atoms with van der Waals surface area (Å²) in [5.74, 6) is 0.575. The average molecular weight is 376 g/mol. The monoisotopic (exact) mass is 375 g/mol. The van der Waals surface area contributed by atoms with Gasteiger partial charge in [0.05, 0.1) is 24.2 Å². The Labute approximate surface area is 154 Å². The molecule has 0 aromatic carbocycles. The van der Waals surface area contributed by atoms with E-state index < -0.39 is 17.8 Å². The van der Waals surface area contributed by atoms with Crippen molar-refractivity contribution in [1.29, 1.82) is 0 Å². The minimum absolute atomic E-state index is 0.0143. The van der Waals surface area contributed by atoms with E-state index in [9.17, 15) is 20.1 Å². The smallest absolute Gasteiger partial charge is 0.230 e. The van der Waals surface area contributed by atoms with Gasteiger partial charge in [-0.2, -0.15) is 0 Å². The molecular weight excluding hydrogens is 346 g/mol. The van der Waals surface area contributed by atoms with Crippen LogP contribution in [0.15, 0.2) is 12.7 Å². The number of carbonyl (C=O) groups is 1. The van der Waals surface area contributed by atoms with Crippen molar-refractivity contribution in [2.45, 2.75) is 70.8 Å². The van der Waals surface area contributed by atoms with Crippen molar-refractivity contribution in [3.8, 4) is 0 Å².